The molecule has 0 heterocycles. The minimum Gasteiger partial charge on any atom is -0.353 e. The van der Waals surface area contributed by atoms with Crippen molar-refractivity contribution in [2.45, 2.75) is 50.1 Å². The molecule has 0 atom stereocenters. The zero-order chi connectivity index (χ0) is 13.9. The number of carbonyl (C=O) groups is 1. The quantitative estimate of drug-likeness (QED) is 0.846. The van der Waals surface area contributed by atoms with Gasteiger partial charge >= 0.3 is 0 Å². The van der Waals surface area contributed by atoms with E-state index in [-0.39, 0.29) is 5.91 Å². The molecule has 0 aromatic heterocycles. The predicted octanol–water partition coefficient (Wildman–Crippen LogP) is 2.84. The fourth-order valence-electron chi connectivity index (χ4n) is 2.73. The third-order valence-corrected chi connectivity index (χ3v) is 4.42. The molecule has 0 aliphatic heterocycles. The van der Waals surface area contributed by atoms with Gasteiger partial charge in [-0.15, -0.1) is 0 Å². The average Bonchev–Trinajstić information content (AvgIpc) is 3.16. The van der Waals surface area contributed by atoms with Crippen LogP contribution in [-0.4, -0.2) is 24.5 Å². The second kappa shape index (κ2) is 6.15. The highest BCUT2D eigenvalue weighted by Gasteiger charge is 2.30. The Labute approximate surface area is 125 Å². The van der Waals surface area contributed by atoms with Crippen molar-refractivity contribution < 1.29 is 4.79 Å². The maximum atomic E-state index is 11.5. The summed E-state index contributed by atoms with van der Waals surface area (Å²) in [7, 11) is 0. The topological polar surface area (TPSA) is 41.1 Å². The van der Waals surface area contributed by atoms with E-state index in [0.717, 1.165) is 37.3 Å². The van der Waals surface area contributed by atoms with E-state index < -0.39 is 0 Å². The molecule has 0 bridgehead atoms. The van der Waals surface area contributed by atoms with E-state index in [0.29, 0.717) is 24.4 Å². The van der Waals surface area contributed by atoms with E-state index in [1.807, 2.05) is 12.1 Å². The fraction of sp³-hybridized carbons (Fsp3) is 0.562. The number of benzene rings is 1. The van der Waals surface area contributed by atoms with Crippen molar-refractivity contribution in [1.29, 1.82) is 0 Å². The molecule has 2 fully saturated rings. The van der Waals surface area contributed by atoms with Crippen LogP contribution in [0, 0.1) is 0 Å². The van der Waals surface area contributed by atoms with Crippen LogP contribution in [0.4, 0.5) is 0 Å². The molecule has 2 aliphatic rings. The van der Waals surface area contributed by atoms with Gasteiger partial charge in [0.2, 0.25) is 5.91 Å². The highest BCUT2D eigenvalue weighted by atomic mass is 35.5. The molecule has 0 unspecified atom stereocenters. The Kier molecular flexibility index (Phi) is 4.27. The molecular formula is C16H21ClN2O. The Morgan fingerprint density at radius 2 is 2.05 bits per heavy atom. The number of hydrogen-bond donors (Lipinski definition) is 2. The minimum absolute atomic E-state index is 0.186. The van der Waals surface area contributed by atoms with Gasteiger partial charge in [-0.3, -0.25) is 4.79 Å². The lowest BCUT2D eigenvalue weighted by molar-refractivity contribution is -0.121. The van der Waals surface area contributed by atoms with Crippen LogP contribution in [0.2, 0.25) is 5.02 Å². The van der Waals surface area contributed by atoms with Crippen molar-refractivity contribution in [3.63, 3.8) is 0 Å². The number of halogens is 1. The highest BCUT2D eigenvalue weighted by Crippen LogP contribution is 2.37. The first-order valence-electron chi connectivity index (χ1n) is 7.49. The Morgan fingerprint density at radius 3 is 2.75 bits per heavy atom. The van der Waals surface area contributed by atoms with Gasteiger partial charge in [-0.1, -0.05) is 23.7 Å². The van der Waals surface area contributed by atoms with Gasteiger partial charge in [0.05, 0.1) is 0 Å². The second-order valence-electron chi connectivity index (χ2n) is 5.97. The van der Waals surface area contributed by atoms with Crippen LogP contribution in [0.15, 0.2) is 24.3 Å². The fourth-order valence-corrected chi connectivity index (χ4v) is 2.93. The van der Waals surface area contributed by atoms with Crippen molar-refractivity contribution in [1.82, 2.24) is 10.6 Å². The summed E-state index contributed by atoms with van der Waals surface area (Å²) in [4.78, 5) is 11.5. The molecule has 1 aromatic carbocycles. The monoisotopic (exact) mass is 292 g/mol. The molecule has 0 radical (unpaired) electrons. The Bertz CT molecular complexity index is 481. The first-order valence-corrected chi connectivity index (χ1v) is 7.87. The molecule has 3 nitrogen and oxygen atoms in total. The smallest absolute Gasteiger partial charge is 0.221 e. The van der Waals surface area contributed by atoms with Crippen LogP contribution in [0.1, 0.15) is 43.6 Å². The first kappa shape index (κ1) is 13.9. The lowest BCUT2D eigenvalue weighted by Gasteiger charge is -2.36. The van der Waals surface area contributed by atoms with E-state index in [2.05, 4.69) is 22.8 Å². The van der Waals surface area contributed by atoms with Crippen molar-refractivity contribution in [3.8, 4) is 0 Å². The number of amides is 1. The minimum atomic E-state index is 0.186. The summed E-state index contributed by atoms with van der Waals surface area (Å²) in [6.45, 7) is 0.783. The summed E-state index contributed by atoms with van der Waals surface area (Å²) < 4.78 is 0. The molecule has 108 valence electrons. The molecule has 1 aromatic rings. The van der Waals surface area contributed by atoms with Gasteiger partial charge in [0, 0.05) is 30.1 Å². The van der Waals surface area contributed by atoms with E-state index in [1.54, 1.807) is 0 Å². The molecule has 2 aliphatic carbocycles. The Hall–Kier alpha value is -1.06. The molecule has 3 rings (SSSR count). The highest BCUT2D eigenvalue weighted by molar-refractivity contribution is 6.30. The standard InChI is InChI=1S/C16H21ClN2O/c17-13-3-1-2-11(8-13)12-9-15(10-12)18-7-6-16(20)19-14-4-5-14/h1-3,8,12,14-15,18H,4-7,9-10H2,(H,19,20). The van der Waals surface area contributed by atoms with E-state index in [4.69, 9.17) is 11.6 Å². The molecule has 0 spiro atoms. The first-order chi connectivity index (χ1) is 9.70. The van der Waals surface area contributed by atoms with E-state index in [1.165, 1.54) is 5.56 Å². The van der Waals surface area contributed by atoms with Crippen molar-refractivity contribution in [3.05, 3.63) is 34.9 Å². The largest absolute Gasteiger partial charge is 0.353 e. The van der Waals surface area contributed by atoms with Crippen molar-refractivity contribution >= 4 is 17.5 Å². The normalized spacial score (nSPS) is 25.1. The summed E-state index contributed by atoms with van der Waals surface area (Å²) >= 11 is 6.01. The maximum Gasteiger partial charge on any atom is 0.221 e. The SMILES string of the molecule is O=C(CCNC1CC(c2cccc(Cl)c2)C1)NC1CC1. The summed E-state index contributed by atoms with van der Waals surface area (Å²) in [5, 5.41) is 7.29. The van der Waals surface area contributed by atoms with Crippen molar-refractivity contribution in [2.75, 3.05) is 6.54 Å². The zero-order valence-corrected chi connectivity index (χ0v) is 12.3. The van der Waals surface area contributed by atoms with Crippen LogP contribution < -0.4 is 10.6 Å². The van der Waals surface area contributed by atoms with E-state index in [9.17, 15) is 4.79 Å². The molecule has 1 amide bonds. The van der Waals surface area contributed by atoms with E-state index >= 15 is 0 Å². The van der Waals surface area contributed by atoms with Gasteiger partial charge in [0.25, 0.3) is 0 Å². The van der Waals surface area contributed by atoms with Crippen molar-refractivity contribution in [2.24, 2.45) is 0 Å². The third-order valence-electron chi connectivity index (χ3n) is 4.19. The maximum absolute atomic E-state index is 11.5. The van der Waals surface area contributed by atoms with Crippen LogP contribution in [-0.2, 0) is 4.79 Å². The van der Waals surface area contributed by atoms with Gasteiger partial charge in [-0.05, 0) is 49.3 Å². The van der Waals surface area contributed by atoms with Crippen LogP contribution in [0.25, 0.3) is 0 Å². The lowest BCUT2D eigenvalue weighted by Crippen LogP contribution is -2.41. The molecule has 4 heteroatoms. The number of carbonyl (C=O) groups excluding carboxylic acids is 1. The summed E-state index contributed by atoms with van der Waals surface area (Å²) in [6, 6.07) is 9.16. The lowest BCUT2D eigenvalue weighted by atomic mass is 9.76. The van der Waals surface area contributed by atoms with Gasteiger partial charge < -0.3 is 10.6 Å². The molecule has 2 N–H and O–H groups in total. The van der Waals surface area contributed by atoms with Gasteiger partial charge in [0.15, 0.2) is 0 Å². The van der Waals surface area contributed by atoms with Crippen LogP contribution >= 0.6 is 11.6 Å². The van der Waals surface area contributed by atoms with Crippen LogP contribution in [0.3, 0.4) is 0 Å². The molecule has 20 heavy (non-hydrogen) atoms. The summed E-state index contributed by atoms with van der Waals surface area (Å²) in [6.07, 6.45) is 5.19. The molecular weight excluding hydrogens is 272 g/mol. The Morgan fingerprint density at radius 1 is 1.25 bits per heavy atom. The number of nitrogens with one attached hydrogen (secondary N) is 2. The number of hydrogen-bond acceptors (Lipinski definition) is 2. The summed E-state index contributed by atoms with van der Waals surface area (Å²) in [5.74, 6) is 0.803. The summed E-state index contributed by atoms with van der Waals surface area (Å²) in [5.41, 5.74) is 1.34. The third kappa shape index (κ3) is 3.74. The van der Waals surface area contributed by atoms with Gasteiger partial charge in [-0.2, -0.15) is 0 Å². The number of rotatable bonds is 6. The Balaban J connectivity index is 1.33. The average molecular weight is 293 g/mol. The molecule has 2 saturated carbocycles. The second-order valence-corrected chi connectivity index (χ2v) is 6.40. The predicted molar refractivity (Wildman–Crippen MR) is 81.0 cm³/mol. The zero-order valence-electron chi connectivity index (χ0n) is 11.6. The van der Waals surface area contributed by atoms with Gasteiger partial charge in [0.1, 0.15) is 0 Å². The molecule has 0 saturated heterocycles. The van der Waals surface area contributed by atoms with Gasteiger partial charge in [-0.25, -0.2) is 0 Å². The van der Waals surface area contributed by atoms with Crippen LogP contribution in [0.5, 0.6) is 0 Å².